The summed E-state index contributed by atoms with van der Waals surface area (Å²) in [5.41, 5.74) is 2.92. The van der Waals surface area contributed by atoms with Crippen LogP contribution >= 0.6 is 0 Å². The Balaban J connectivity index is 1.21. The van der Waals surface area contributed by atoms with Gasteiger partial charge in [-0.25, -0.2) is 13.4 Å². The molecule has 164 valence electrons. The Kier molecular flexibility index (Phi) is 5.82. The van der Waals surface area contributed by atoms with Crippen LogP contribution in [-0.2, 0) is 16.6 Å². The van der Waals surface area contributed by atoms with Crippen LogP contribution in [-0.4, -0.2) is 48.8 Å². The van der Waals surface area contributed by atoms with Crippen LogP contribution in [0.25, 0.3) is 11.1 Å². The maximum atomic E-state index is 13.1. The molecule has 0 bridgehead atoms. The predicted molar refractivity (Wildman–Crippen MR) is 120 cm³/mol. The number of hydrogen-bond donors (Lipinski definition) is 0. The van der Waals surface area contributed by atoms with Gasteiger partial charge in [-0.1, -0.05) is 43.5 Å². The van der Waals surface area contributed by atoms with E-state index in [9.17, 15) is 8.42 Å². The van der Waals surface area contributed by atoms with E-state index in [1.165, 1.54) is 37.7 Å². The molecule has 1 aliphatic heterocycles. The van der Waals surface area contributed by atoms with E-state index >= 15 is 0 Å². The van der Waals surface area contributed by atoms with Crippen LogP contribution < -0.4 is 0 Å². The molecule has 6 nitrogen and oxygen atoms in total. The summed E-state index contributed by atoms with van der Waals surface area (Å²) >= 11 is 0. The largest absolute Gasteiger partial charge is 0.439 e. The van der Waals surface area contributed by atoms with Crippen LogP contribution in [0.2, 0.25) is 0 Å². The Labute approximate surface area is 183 Å². The zero-order chi connectivity index (χ0) is 21.3. The molecule has 7 heteroatoms. The highest BCUT2D eigenvalue weighted by Gasteiger charge is 2.29. The van der Waals surface area contributed by atoms with E-state index in [1.807, 2.05) is 36.4 Å². The van der Waals surface area contributed by atoms with Gasteiger partial charge >= 0.3 is 0 Å². The molecule has 2 aromatic carbocycles. The van der Waals surface area contributed by atoms with Gasteiger partial charge in [-0.05, 0) is 48.6 Å². The van der Waals surface area contributed by atoms with E-state index in [4.69, 9.17) is 4.42 Å². The average molecular weight is 440 g/mol. The number of sulfonamides is 1. The van der Waals surface area contributed by atoms with Gasteiger partial charge in [-0.2, -0.15) is 4.31 Å². The molecule has 0 unspecified atom stereocenters. The number of oxazole rings is 1. The van der Waals surface area contributed by atoms with Crippen molar-refractivity contribution in [1.29, 1.82) is 0 Å². The Morgan fingerprint density at radius 1 is 0.903 bits per heavy atom. The van der Waals surface area contributed by atoms with Gasteiger partial charge in [0.2, 0.25) is 15.9 Å². The standard InChI is InChI=1S/C24H29N3O3S/c28-31(29,21-12-10-20(11-13-21)19-6-2-1-3-7-19)27-16-14-26(15-17-27)18-24-25-22-8-4-5-9-23(22)30-24/h4-5,8-13,19H,1-3,6-7,14-18H2. The number of aromatic nitrogens is 1. The number of fused-ring (bicyclic) bond motifs is 1. The van der Waals surface area contributed by atoms with Crippen LogP contribution in [0.15, 0.2) is 57.8 Å². The van der Waals surface area contributed by atoms with Crippen molar-refractivity contribution in [3.05, 3.63) is 60.0 Å². The summed E-state index contributed by atoms with van der Waals surface area (Å²) in [5.74, 6) is 1.26. The van der Waals surface area contributed by atoms with Gasteiger partial charge in [0.1, 0.15) is 5.52 Å². The lowest BCUT2D eigenvalue weighted by Gasteiger charge is -2.33. The average Bonchev–Trinajstić information content (AvgIpc) is 3.22. The van der Waals surface area contributed by atoms with E-state index < -0.39 is 10.0 Å². The molecule has 3 aromatic rings. The fourth-order valence-corrected chi connectivity index (χ4v) is 6.23. The molecule has 0 radical (unpaired) electrons. The summed E-state index contributed by atoms with van der Waals surface area (Å²) in [5, 5.41) is 0. The SMILES string of the molecule is O=S(=O)(c1ccc(C2CCCCC2)cc1)N1CCN(Cc2nc3ccccc3o2)CC1. The Hall–Kier alpha value is -2.22. The molecule has 0 amide bonds. The van der Waals surface area contributed by atoms with Gasteiger partial charge < -0.3 is 4.42 Å². The van der Waals surface area contributed by atoms with Crippen molar-refractivity contribution < 1.29 is 12.8 Å². The van der Waals surface area contributed by atoms with E-state index in [0.29, 0.717) is 49.4 Å². The number of hydrogen-bond acceptors (Lipinski definition) is 5. The van der Waals surface area contributed by atoms with Crippen molar-refractivity contribution in [1.82, 2.24) is 14.2 Å². The number of piperazine rings is 1. The number of nitrogens with zero attached hydrogens (tertiary/aromatic N) is 3. The minimum absolute atomic E-state index is 0.402. The molecule has 0 N–H and O–H groups in total. The van der Waals surface area contributed by atoms with Crippen molar-refractivity contribution in [2.24, 2.45) is 0 Å². The molecule has 1 saturated carbocycles. The van der Waals surface area contributed by atoms with E-state index in [0.717, 1.165) is 11.1 Å². The molecule has 2 aliphatic rings. The first kappa shape index (κ1) is 20.7. The quantitative estimate of drug-likeness (QED) is 0.590. The van der Waals surface area contributed by atoms with Crippen molar-refractivity contribution in [2.45, 2.75) is 49.5 Å². The van der Waals surface area contributed by atoms with Crippen molar-refractivity contribution >= 4 is 21.1 Å². The molecule has 2 fully saturated rings. The van der Waals surface area contributed by atoms with E-state index in [-0.39, 0.29) is 0 Å². The minimum atomic E-state index is -3.46. The number of benzene rings is 2. The van der Waals surface area contributed by atoms with Gasteiger partial charge in [0.15, 0.2) is 5.58 Å². The molecular weight excluding hydrogens is 410 g/mol. The van der Waals surface area contributed by atoms with Gasteiger partial charge in [-0.3, -0.25) is 4.90 Å². The third-order valence-electron chi connectivity index (χ3n) is 6.62. The normalized spacial score (nSPS) is 19.7. The minimum Gasteiger partial charge on any atom is -0.439 e. The summed E-state index contributed by atoms with van der Waals surface area (Å²) in [4.78, 5) is 7.13. The molecule has 31 heavy (non-hydrogen) atoms. The highest BCUT2D eigenvalue weighted by molar-refractivity contribution is 7.89. The molecule has 0 spiro atoms. The van der Waals surface area contributed by atoms with Crippen LogP contribution in [0.1, 0.15) is 49.5 Å². The van der Waals surface area contributed by atoms with E-state index in [1.54, 1.807) is 16.4 Å². The van der Waals surface area contributed by atoms with Crippen LogP contribution in [0.5, 0.6) is 0 Å². The highest BCUT2D eigenvalue weighted by Crippen LogP contribution is 2.33. The van der Waals surface area contributed by atoms with Crippen molar-refractivity contribution in [2.75, 3.05) is 26.2 Å². The summed E-state index contributed by atoms with van der Waals surface area (Å²) in [6.45, 7) is 2.88. The van der Waals surface area contributed by atoms with Gasteiger partial charge in [-0.15, -0.1) is 0 Å². The van der Waals surface area contributed by atoms with E-state index in [2.05, 4.69) is 9.88 Å². The van der Waals surface area contributed by atoms with Crippen molar-refractivity contribution in [3.8, 4) is 0 Å². The van der Waals surface area contributed by atoms with Crippen LogP contribution in [0.4, 0.5) is 0 Å². The molecule has 1 aliphatic carbocycles. The molecule has 1 saturated heterocycles. The lowest BCUT2D eigenvalue weighted by Crippen LogP contribution is -2.48. The molecular formula is C24H29N3O3S. The topological polar surface area (TPSA) is 66.7 Å². The molecule has 0 atom stereocenters. The van der Waals surface area contributed by atoms with Gasteiger partial charge in [0, 0.05) is 26.2 Å². The van der Waals surface area contributed by atoms with Crippen molar-refractivity contribution in [3.63, 3.8) is 0 Å². The zero-order valence-electron chi connectivity index (χ0n) is 17.7. The second-order valence-electron chi connectivity index (χ2n) is 8.66. The summed E-state index contributed by atoms with van der Waals surface area (Å²) in [6.07, 6.45) is 6.31. The summed E-state index contributed by atoms with van der Waals surface area (Å²) in [7, 11) is -3.46. The monoisotopic (exact) mass is 439 g/mol. The lowest BCUT2D eigenvalue weighted by molar-refractivity contribution is 0.169. The molecule has 1 aromatic heterocycles. The second kappa shape index (κ2) is 8.73. The number of para-hydroxylation sites is 2. The summed E-state index contributed by atoms with van der Waals surface area (Å²) < 4.78 is 33.7. The molecule has 5 rings (SSSR count). The third kappa shape index (κ3) is 4.40. The maximum Gasteiger partial charge on any atom is 0.243 e. The predicted octanol–water partition coefficient (Wildman–Crippen LogP) is 4.38. The van der Waals surface area contributed by atoms with Gasteiger partial charge in [0.05, 0.1) is 11.4 Å². The fraction of sp³-hybridized carbons (Fsp3) is 0.458. The van der Waals surface area contributed by atoms with Gasteiger partial charge in [0.25, 0.3) is 0 Å². The number of rotatable bonds is 5. The zero-order valence-corrected chi connectivity index (χ0v) is 18.6. The Morgan fingerprint density at radius 3 is 2.32 bits per heavy atom. The Morgan fingerprint density at radius 2 is 1.61 bits per heavy atom. The highest BCUT2D eigenvalue weighted by atomic mass is 32.2. The summed E-state index contributed by atoms with van der Waals surface area (Å²) in [6, 6.07) is 15.4. The molecule has 2 heterocycles. The maximum absolute atomic E-state index is 13.1. The first-order chi connectivity index (χ1) is 15.1. The fourth-order valence-electron chi connectivity index (χ4n) is 4.80. The lowest BCUT2D eigenvalue weighted by atomic mass is 9.84. The Bertz CT molecular complexity index is 1090. The smallest absolute Gasteiger partial charge is 0.243 e. The third-order valence-corrected chi connectivity index (χ3v) is 8.54. The van der Waals surface area contributed by atoms with Crippen LogP contribution in [0.3, 0.4) is 0 Å². The van der Waals surface area contributed by atoms with Crippen LogP contribution in [0, 0.1) is 0 Å². The second-order valence-corrected chi connectivity index (χ2v) is 10.6. The first-order valence-electron chi connectivity index (χ1n) is 11.3. The first-order valence-corrected chi connectivity index (χ1v) is 12.7.